The summed E-state index contributed by atoms with van der Waals surface area (Å²) in [6.07, 6.45) is -0.0414. The number of hydrogen-bond acceptors (Lipinski definition) is 6. The molecule has 1 N–H and O–H groups in total. The average Bonchev–Trinajstić information content (AvgIpc) is 2.28. The summed E-state index contributed by atoms with van der Waals surface area (Å²) in [6, 6.07) is 3.78. The number of aromatic hydroxyl groups is 1. The van der Waals surface area contributed by atoms with Gasteiger partial charge >= 0.3 is 13.3 Å². The van der Waals surface area contributed by atoms with Gasteiger partial charge in [0.15, 0.2) is 5.75 Å². The minimum absolute atomic E-state index is 0.0414. The van der Waals surface area contributed by atoms with Gasteiger partial charge in [-0.15, -0.1) is 0 Å². The van der Waals surface area contributed by atoms with E-state index in [4.69, 9.17) is 9.05 Å². The summed E-state index contributed by atoms with van der Waals surface area (Å²) in [5, 5.41) is 20.1. The molecular formula is C11H16NO6P. The van der Waals surface area contributed by atoms with Crippen LogP contribution >= 0.6 is 7.60 Å². The number of phenols is 1. The van der Waals surface area contributed by atoms with Crippen LogP contribution < -0.4 is 0 Å². The van der Waals surface area contributed by atoms with E-state index in [1.165, 1.54) is 12.1 Å². The van der Waals surface area contributed by atoms with Crippen LogP contribution in [0.5, 0.6) is 5.75 Å². The van der Waals surface area contributed by atoms with Crippen molar-refractivity contribution in [3.63, 3.8) is 0 Å². The highest BCUT2D eigenvalue weighted by molar-refractivity contribution is 7.53. The van der Waals surface area contributed by atoms with Crippen LogP contribution in [0.3, 0.4) is 0 Å². The van der Waals surface area contributed by atoms with Gasteiger partial charge in [0, 0.05) is 6.07 Å². The van der Waals surface area contributed by atoms with E-state index < -0.39 is 24.0 Å². The third kappa shape index (κ3) is 4.31. The Morgan fingerprint density at radius 1 is 1.32 bits per heavy atom. The first-order valence-corrected chi connectivity index (χ1v) is 7.49. The number of benzene rings is 1. The van der Waals surface area contributed by atoms with Crippen molar-refractivity contribution in [2.24, 2.45) is 0 Å². The highest BCUT2D eigenvalue weighted by Crippen LogP contribution is 2.51. The molecule has 1 aromatic rings. The Kier molecular flexibility index (Phi) is 5.47. The molecule has 19 heavy (non-hydrogen) atoms. The molecule has 0 saturated heterocycles. The lowest BCUT2D eigenvalue weighted by Gasteiger charge is -2.16. The number of hydrogen-bond donors (Lipinski definition) is 1. The molecule has 0 amide bonds. The minimum atomic E-state index is -3.28. The van der Waals surface area contributed by atoms with Crippen molar-refractivity contribution < 1.29 is 23.6 Å². The molecule has 0 aliphatic rings. The van der Waals surface area contributed by atoms with Crippen LogP contribution in [0, 0.1) is 10.1 Å². The molecule has 1 rings (SSSR count). The van der Waals surface area contributed by atoms with Crippen molar-refractivity contribution in [1.82, 2.24) is 0 Å². The molecule has 0 bridgehead atoms. The molecule has 1 aromatic carbocycles. The standard InChI is InChI=1S/C11H16NO6P/c1-3-17-19(16,18-4-2)8-9-5-6-10(12(14)15)11(13)7-9/h5-7,13H,3-4,8H2,1-2H3. The van der Waals surface area contributed by atoms with Crippen molar-refractivity contribution in [2.75, 3.05) is 13.2 Å². The van der Waals surface area contributed by atoms with E-state index in [-0.39, 0.29) is 19.4 Å². The predicted octanol–water partition coefficient (Wildman–Crippen LogP) is 3.07. The molecule has 0 aliphatic heterocycles. The molecule has 0 spiro atoms. The van der Waals surface area contributed by atoms with Gasteiger partial charge in [0.1, 0.15) is 0 Å². The van der Waals surface area contributed by atoms with Gasteiger partial charge < -0.3 is 14.2 Å². The zero-order valence-corrected chi connectivity index (χ0v) is 11.6. The lowest BCUT2D eigenvalue weighted by molar-refractivity contribution is -0.385. The normalized spacial score (nSPS) is 11.5. The second-order valence-electron chi connectivity index (χ2n) is 3.68. The summed E-state index contributed by atoms with van der Waals surface area (Å²) in [5.74, 6) is -0.470. The molecule has 0 aromatic heterocycles. The topological polar surface area (TPSA) is 98.9 Å². The first-order chi connectivity index (χ1) is 8.91. The fourth-order valence-electron chi connectivity index (χ4n) is 1.57. The Labute approximate surface area is 110 Å². The van der Waals surface area contributed by atoms with E-state index in [1.54, 1.807) is 13.8 Å². The van der Waals surface area contributed by atoms with Crippen molar-refractivity contribution in [3.8, 4) is 5.75 Å². The van der Waals surface area contributed by atoms with Gasteiger partial charge in [0.25, 0.3) is 0 Å². The Morgan fingerprint density at radius 2 is 1.89 bits per heavy atom. The fourth-order valence-corrected chi connectivity index (χ4v) is 3.26. The number of phenolic OH excluding ortho intramolecular Hbond substituents is 1. The third-order valence-electron chi connectivity index (χ3n) is 2.26. The first kappa shape index (κ1) is 15.6. The van der Waals surface area contributed by atoms with Gasteiger partial charge in [-0.2, -0.15) is 0 Å². The third-order valence-corrected chi connectivity index (χ3v) is 4.32. The summed E-state index contributed by atoms with van der Waals surface area (Å²) < 4.78 is 22.5. The molecule has 0 heterocycles. The van der Waals surface area contributed by atoms with Crippen molar-refractivity contribution in [2.45, 2.75) is 20.0 Å². The van der Waals surface area contributed by atoms with E-state index in [0.29, 0.717) is 5.56 Å². The summed E-state index contributed by atoms with van der Waals surface area (Å²) in [7, 11) is -3.28. The van der Waals surface area contributed by atoms with E-state index in [0.717, 1.165) is 6.07 Å². The van der Waals surface area contributed by atoms with Crippen LogP contribution in [-0.4, -0.2) is 23.2 Å². The van der Waals surface area contributed by atoms with Crippen LogP contribution in [0.2, 0.25) is 0 Å². The molecule has 0 aliphatic carbocycles. The van der Waals surface area contributed by atoms with Gasteiger partial charge in [0.05, 0.1) is 24.3 Å². The SMILES string of the molecule is CCOP(=O)(Cc1ccc([N+](=O)[O-])c(O)c1)OCC. The van der Waals surface area contributed by atoms with Gasteiger partial charge in [-0.3, -0.25) is 14.7 Å². The Hall–Kier alpha value is -1.43. The molecule has 0 radical (unpaired) electrons. The molecule has 0 unspecified atom stereocenters. The average molecular weight is 289 g/mol. The van der Waals surface area contributed by atoms with Gasteiger partial charge in [-0.1, -0.05) is 6.07 Å². The maximum Gasteiger partial charge on any atom is 0.335 e. The highest BCUT2D eigenvalue weighted by atomic mass is 31.2. The summed E-state index contributed by atoms with van der Waals surface area (Å²) in [6.45, 7) is 3.85. The largest absolute Gasteiger partial charge is 0.502 e. The highest BCUT2D eigenvalue weighted by Gasteiger charge is 2.25. The number of nitrogens with zero attached hydrogens (tertiary/aromatic N) is 1. The van der Waals surface area contributed by atoms with E-state index in [1.807, 2.05) is 0 Å². The van der Waals surface area contributed by atoms with Gasteiger partial charge in [-0.25, -0.2) is 0 Å². The van der Waals surface area contributed by atoms with Gasteiger partial charge in [0.2, 0.25) is 0 Å². The predicted molar refractivity (Wildman–Crippen MR) is 69.3 cm³/mol. The maximum absolute atomic E-state index is 12.3. The number of nitro groups is 1. The van der Waals surface area contributed by atoms with Crippen LogP contribution in [0.15, 0.2) is 18.2 Å². The lowest BCUT2D eigenvalue weighted by Crippen LogP contribution is -1.99. The number of nitro benzene ring substituents is 1. The van der Waals surface area contributed by atoms with E-state index in [2.05, 4.69) is 0 Å². The Balaban J connectivity index is 2.95. The zero-order chi connectivity index (χ0) is 14.5. The van der Waals surface area contributed by atoms with Crippen LogP contribution in [-0.2, 0) is 19.8 Å². The quantitative estimate of drug-likeness (QED) is 0.470. The lowest BCUT2D eigenvalue weighted by atomic mass is 10.2. The Bertz CT molecular complexity index is 494. The molecule has 106 valence electrons. The van der Waals surface area contributed by atoms with Crippen LogP contribution in [0.4, 0.5) is 5.69 Å². The summed E-state index contributed by atoms with van der Waals surface area (Å²) >= 11 is 0. The van der Waals surface area contributed by atoms with E-state index in [9.17, 15) is 19.8 Å². The maximum atomic E-state index is 12.3. The first-order valence-electron chi connectivity index (χ1n) is 5.76. The minimum Gasteiger partial charge on any atom is -0.502 e. The van der Waals surface area contributed by atoms with Crippen molar-refractivity contribution in [3.05, 3.63) is 33.9 Å². The number of rotatable bonds is 7. The van der Waals surface area contributed by atoms with Crippen molar-refractivity contribution >= 4 is 13.3 Å². The zero-order valence-electron chi connectivity index (χ0n) is 10.7. The molecule has 0 atom stereocenters. The van der Waals surface area contributed by atoms with Crippen LogP contribution in [0.1, 0.15) is 19.4 Å². The smallest absolute Gasteiger partial charge is 0.335 e. The molecular weight excluding hydrogens is 273 g/mol. The Morgan fingerprint density at radius 3 is 2.32 bits per heavy atom. The summed E-state index contributed by atoms with van der Waals surface area (Å²) in [4.78, 5) is 9.87. The molecule has 8 heteroatoms. The summed E-state index contributed by atoms with van der Waals surface area (Å²) in [5.41, 5.74) is 0.0553. The van der Waals surface area contributed by atoms with E-state index >= 15 is 0 Å². The monoisotopic (exact) mass is 289 g/mol. The van der Waals surface area contributed by atoms with Crippen molar-refractivity contribution in [1.29, 1.82) is 0 Å². The molecule has 7 nitrogen and oxygen atoms in total. The van der Waals surface area contributed by atoms with Gasteiger partial charge in [-0.05, 0) is 25.5 Å². The fraction of sp³-hybridized carbons (Fsp3) is 0.455. The van der Waals surface area contributed by atoms with Crippen LogP contribution in [0.25, 0.3) is 0 Å². The second kappa shape index (κ2) is 6.65. The second-order valence-corrected chi connectivity index (χ2v) is 5.74. The molecule has 0 saturated carbocycles. The molecule has 0 fully saturated rings.